The van der Waals surface area contributed by atoms with E-state index < -0.39 is 0 Å². The Morgan fingerprint density at radius 3 is 2.16 bits per heavy atom. The molecular weight excluding hydrogens is 230 g/mol. The molecule has 0 saturated heterocycles. The van der Waals surface area contributed by atoms with Crippen LogP contribution < -0.4 is 4.90 Å². The number of nitrogens with zero attached hydrogens (tertiary/aromatic N) is 1. The maximum Gasteiger partial charge on any atom is 0.0415 e. The number of allylic oxidation sites excluding steroid dienone is 5. The monoisotopic (exact) mass is 253 g/mol. The second kappa shape index (κ2) is 6.79. The molecule has 0 aliphatic heterocycles. The van der Waals surface area contributed by atoms with E-state index in [2.05, 4.69) is 63.1 Å². The Labute approximate surface area is 117 Å². The molecule has 0 heterocycles. The predicted molar refractivity (Wildman–Crippen MR) is 86.3 cm³/mol. The van der Waals surface area contributed by atoms with Crippen molar-refractivity contribution in [2.24, 2.45) is 0 Å². The summed E-state index contributed by atoms with van der Waals surface area (Å²) in [6.45, 7) is 14.1. The third-order valence-corrected chi connectivity index (χ3v) is 2.64. The highest BCUT2D eigenvalue weighted by Gasteiger charge is 2.23. The van der Waals surface area contributed by atoms with Crippen molar-refractivity contribution in [3.05, 3.63) is 79.6 Å². The molecule has 1 aromatic rings. The zero-order chi connectivity index (χ0) is 14.3. The molecule has 0 spiro atoms. The van der Waals surface area contributed by atoms with Crippen molar-refractivity contribution in [2.75, 3.05) is 4.90 Å². The number of benzene rings is 1. The molecule has 0 aliphatic rings. The fourth-order valence-corrected chi connectivity index (χ4v) is 1.99. The van der Waals surface area contributed by atoms with Crippen LogP contribution in [0.4, 0.5) is 5.69 Å². The highest BCUT2D eigenvalue weighted by molar-refractivity contribution is 5.57. The quantitative estimate of drug-likeness (QED) is 0.660. The Kier molecular flexibility index (Phi) is 5.37. The van der Waals surface area contributed by atoms with E-state index in [1.54, 1.807) is 6.08 Å². The standard InChI is InChI=1S/C18H23N/c1-6-8-13-16(12-7-2)19(18(3,4)5)17-14-10-9-11-15-17/h6-15H,1-2H2,3-5H3/b13-8-,16-12+. The molecule has 0 radical (unpaired) electrons. The minimum Gasteiger partial charge on any atom is -0.336 e. The van der Waals surface area contributed by atoms with Gasteiger partial charge in [0.15, 0.2) is 0 Å². The molecule has 100 valence electrons. The van der Waals surface area contributed by atoms with Crippen molar-refractivity contribution in [3.8, 4) is 0 Å². The fourth-order valence-electron chi connectivity index (χ4n) is 1.99. The molecule has 0 unspecified atom stereocenters. The Morgan fingerprint density at radius 1 is 1.05 bits per heavy atom. The molecule has 1 aromatic carbocycles. The van der Waals surface area contributed by atoms with E-state index in [9.17, 15) is 0 Å². The van der Waals surface area contributed by atoms with Crippen molar-refractivity contribution >= 4 is 5.69 Å². The molecule has 19 heavy (non-hydrogen) atoms. The lowest BCUT2D eigenvalue weighted by atomic mass is 10.0. The highest BCUT2D eigenvalue weighted by atomic mass is 15.2. The lowest BCUT2D eigenvalue weighted by Gasteiger charge is -2.38. The summed E-state index contributed by atoms with van der Waals surface area (Å²) in [5, 5.41) is 0. The first-order valence-electron chi connectivity index (χ1n) is 6.48. The molecule has 1 rings (SSSR count). The van der Waals surface area contributed by atoms with Crippen molar-refractivity contribution in [3.63, 3.8) is 0 Å². The van der Waals surface area contributed by atoms with E-state index in [-0.39, 0.29) is 5.54 Å². The molecule has 0 bridgehead atoms. The number of hydrogen-bond donors (Lipinski definition) is 0. The average molecular weight is 253 g/mol. The lowest BCUT2D eigenvalue weighted by molar-refractivity contribution is 0.546. The minimum absolute atomic E-state index is 0.0261. The van der Waals surface area contributed by atoms with Crippen LogP contribution in [0.3, 0.4) is 0 Å². The van der Waals surface area contributed by atoms with Gasteiger partial charge in [-0.2, -0.15) is 0 Å². The summed E-state index contributed by atoms with van der Waals surface area (Å²) < 4.78 is 0. The summed E-state index contributed by atoms with van der Waals surface area (Å²) in [5.41, 5.74) is 2.23. The molecular formula is C18H23N. The van der Waals surface area contributed by atoms with E-state index in [1.807, 2.05) is 30.4 Å². The van der Waals surface area contributed by atoms with Gasteiger partial charge in [0.05, 0.1) is 0 Å². The first-order valence-corrected chi connectivity index (χ1v) is 6.48. The van der Waals surface area contributed by atoms with Gasteiger partial charge in [0.25, 0.3) is 0 Å². The maximum absolute atomic E-state index is 3.80. The Morgan fingerprint density at radius 2 is 1.68 bits per heavy atom. The smallest absolute Gasteiger partial charge is 0.0415 e. The van der Waals surface area contributed by atoms with Crippen LogP contribution >= 0.6 is 0 Å². The average Bonchev–Trinajstić information content (AvgIpc) is 2.36. The summed E-state index contributed by atoms with van der Waals surface area (Å²) in [5.74, 6) is 0. The second-order valence-corrected chi connectivity index (χ2v) is 5.26. The molecule has 1 nitrogen and oxygen atoms in total. The van der Waals surface area contributed by atoms with E-state index in [1.165, 1.54) is 0 Å². The zero-order valence-electron chi connectivity index (χ0n) is 12.1. The Balaban J connectivity index is 3.31. The Hall–Kier alpha value is -2.02. The molecule has 0 N–H and O–H groups in total. The van der Waals surface area contributed by atoms with Gasteiger partial charge in [-0.15, -0.1) is 0 Å². The van der Waals surface area contributed by atoms with Crippen molar-refractivity contribution < 1.29 is 0 Å². The van der Waals surface area contributed by atoms with Crippen LogP contribution in [0.2, 0.25) is 0 Å². The van der Waals surface area contributed by atoms with Gasteiger partial charge in [-0.25, -0.2) is 0 Å². The van der Waals surface area contributed by atoms with Crippen molar-refractivity contribution in [1.82, 2.24) is 0 Å². The predicted octanol–water partition coefficient (Wildman–Crippen LogP) is 5.10. The summed E-state index contributed by atoms with van der Waals surface area (Å²) >= 11 is 0. The molecule has 0 amide bonds. The van der Waals surface area contributed by atoms with Crippen LogP contribution in [0.15, 0.2) is 79.6 Å². The first kappa shape index (κ1) is 15.0. The third kappa shape index (κ3) is 4.29. The molecule has 0 fully saturated rings. The third-order valence-electron chi connectivity index (χ3n) is 2.64. The molecule has 0 aromatic heterocycles. The fraction of sp³-hybridized carbons (Fsp3) is 0.222. The second-order valence-electron chi connectivity index (χ2n) is 5.26. The van der Waals surface area contributed by atoms with Crippen LogP contribution in [0.25, 0.3) is 0 Å². The van der Waals surface area contributed by atoms with Crippen molar-refractivity contribution in [2.45, 2.75) is 26.3 Å². The highest BCUT2D eigenvalue weighted by Crippen LogP contribution is 2.28. The van der Waals surface area contributed by atoms with Gasteiger partial charge in [0.2, 0.25) is 0 Å². The van der Waals surface area contributed by atoms with Gasteiger partial charge >= 0.3 is 0 Å². The Bertz CT molecular complexity index is 472. The number of anilines is 1. The summed E-state index contributed by atoms with van der Waals surface area (Å²) in [4.78, 5) is 2.29. The van der Waals surface area contributed by atoms with Crippen LogP contribution in [0.1, 0.15) is 20.8 Å². The normalized spacial score (nSPS) is 12.5. The van der Waals surface area contributed by atoms with Gasteiger partial charge in [0.1, 0.15) is 0 Å². The summed E-state index contributed by atoms with van der Waals surface area (Å²) in [6, 6.07) is 10.4. The van der Waals surface area contributed by atoms with E-state index in [0.29, 0.717) is 0 Å². The lowest BCUT2D eigenvalue weighted by Crippen LogP contribution is -2.40. The van der Waals surface area contributed by atoms with Crippen LogP contribution in [0, 0.1) is 0 Å². The van der Waals surface area contributed by atoms with Gasteiger partial charge < -0.3 is 4.90 Å². The van der Waals surface area contributed by atoms with Crippen molar-refractivity contribution in [1.29, 1.82) is 0 Å². The van der Waals surface area contributed by atoms with Gasteiger partial charge in [-0.1, -0.05) is 49.6 Å². The largest absolute Gasteiger partial charge is 0.336 e. The summed E-state index contributed by atoms with van der Waals surface area (Å²) in [7, 11) is 0. The molecule has 1 heteroatoms. The SMILES string of the molecule is C=C/C=C\C(=C/C=C)N(c1ccccc1)C(C)(C)C. The summed E-state index contributed by atoms with van der Waals surface area (Å²) in [6.07, 6.45) is 9.59. The van der Waals surface area contributed by atoms with Crippen LogP contribution in [-0.4, -0.2) is 5.54 Å². The topological polar surface area (TPSA) is 3.24 Å². The number of hydrogen-bond acceptors (Lipinski definition) is 1. The zero-order valence-corrected chi connectivity index (χ0v) is 12.1. The molecule has 0 aliphatic carbocycles. The number of rotatable bonds is 5. The van der Waals surface area contributed by atoms with E-state index >= 15 is 0 Å². The van der Waals surface area contributed by atoms with Crippen LogP contribution in [-0.2, 0) is 0 Å². The maximum atomic E-state index is 3.80. The molecule has 0 saturated carbocycles. The molecule has 0 atom stereocenters. The van der Waals surface area contributed by atoms with Gasteiger partial charge in [-0.3, -0.25) is 0 Å². The van der Waals surface area contributed by atoms with Crippen LogP contribution in [0.5, 0.6) is 0 Å². The number of para-hydroxylation sites is 1. The van der Waals surface area contributed by atoms with E-state index in [0.717, 1.165) is 11.4 Å². The van der Waals surface area contributed by atoms with Gasteiger partial charge in [-0.05, 0) is 45.1 Å². The van der Waals surface area contributed by atoms with E-state index in [4.69, 9.17) is 0 Å². The minimum atomic E-state index is -0.0261. The first-order chi connectivity index (χ1) is 9.00. The van der Waals surface area contributed by atoms with Gasteiger partial charge in [0, 0.05) is 16.9 Å².